The van der Waals surface area contributed by atoms with Crippen molar-refractivity contribution >= 4 is 27.8 Å². The van der Waals surface area contributed by atoms with E-state index in [0.717, 1.165) is 5.69 Å². The van der Waals surface area contributed by atoms with E-state index >= 15 is 0 Å². The lowest BCUT2D eigenvalue weighted by Gasteiger charge is -2.34. The molecule has 0 N–H and O–H groups in total. The third-order valence-corrected chi connectivity index (χ3v) is 13.2. The third-order valence-electron chi connectivity index (χ3n) is 13.2. The zero-order valence-electron chi connectivity index (χ0n) is 32.0. The van der Waals surface area contributed by atoms with E-state index in [9.17, 15) is 0 Å². The molecule has 0 saturated heterocycles. The Morgan fingerprint density at radius 1 is 0.351 bits per heavy atom. The second-order valence-electron chi connectivity index (χ2n) is 16.3. The molecule has 3 aliphatic carbocycles. The first kappa shape index (κ1) is 32.3. The summed E-state index contributed by atoms with van der Waals surface area (Å²) in [7, 11) is 0. The van der Waals surface area contributed by atoms with Gasteiger partial charge in [0.2, 0.25) is 0 Å². The van der Waals surface area contributed by atoms with Crippen LogP contribution in [0, 0.1) is 0 Å². The van der Waals surface area contributed by atoms with Crippen LogP contribution < -0.4 is 4.90 Å². The predicted molar refractivity (Wildman–Crippen MR) is 238 cm³/mol. The zero-order valence-corrected chi connectivity index (χ0v) is 32.0. The highest BCUT2D eigenvalue weighted by molar-refractivity contribution is 6.09. The van der Waals surface area contributed by atoms with E-state index in [1.54, 1.807) is 0 Å². The summed E-state index contributed by atoms with van der Waals surface area (Å²) in [6, 6.07) is 74.9. The second-order valence-corrected chi connectivity index (χ2v) is 16.3. The van der Waals surface area contributed by atoms with Crippen LogP contribution in [0.15, 0.2) is 200 Å². The molecule has 0 unspecified atom stereocenters. The molecule has 0 amide bonds. The van der Waals surface area contributed by atoms with Gasteiger partial charge in [-0.15, -0.1) is 0 Å². The Hall–Kier alpha value is -6.96. The van der Waals surface area contributed by atoms with Gasteiger partial charge in [-0.05, 0) is 90.2 Å². The van der Waals surface area contributed by atoms with Crippen molar-refractivity contribution in [1.82, 2.24) is 0 Å². The maximum atomic E-state index is 2.62. The Labute approximate surface area is 334 Å². The Morgan fingerprint density at radius 2 is 0.842 bits per heavy atom. The average Bonchev–Trinajstić information content (AvgIpc) is 3.84. The molecular formula is C56H39N. The van der Waals surface area contributed by atoms with Crippen LogP contribution in [-0.2, 0) is 10.8 Å². The molecule has 0 aliphatic heterocycles. The number of anilines is 3. The molecule has 0 heterocycles. The van der Waals surface area contributed by atoms with Crippen LogP contribution in [0.5, 0.6) is 0 Å². The normalized spacial score (nSPS) is 14.4. The van der Waals surface area contributed by atoms with E-state index in [1.165, 1.54) is 100 Å². The largest absolute Gasteiger partial charge is 0.309 e. The van der Waals surface area contributed by atoms with E-state index in [1.807, 2.05) is 0 Å². The van der Waals surface area contributed by atoms with E-state index in [2.05, 4.69) is 219 Å². The molecule has 9 aromatic carbocycles. The summed E-state index contributed by atoms with van der Waals surface area (Å²) >= 11 is 0. The van der Waals surface area contributed by atoms with Crippen LogP contribution in [0.2, 0.25) is 0 Å². The van der Waals surface area contributed by atoms with Gasteiger partial charge in [0.25, 0.3) is 0 Å². The van der Waals surface area contributed by atoms with Crippen LogP contribution in [0.1, 0.15) is 47.2 Å². The Bertz CT molecular complexity index is 3070. The molecule has 0 saturated carbocycles. The zero-order chi connectivity index (χ0) is 37.9. The monoisotopic (exact) mass is 725 g/mol. The van der Waals surface area contributed by atoms with Crippen LogP contribution in [0.4, 0.5) is 17.1 Å². The van der Waals surface area contributed by atoms with Crippen molar-refractivity contribution in [2.45, 2.75) is 24.7 Å². The number of para-hydroxylation sites is 1. The van der Waals surface area contributed by atoms with Crippen LogP contribution >= 0.6 is 0 Å². The highest BCUT2D eigenvalue weighted by Crippen LogP contribution is 2.66. The van der Waals surface area contributed by atoms with E-state index in [-0.39, 0.29) is 5.41 Å². The maximum Gasteiger partial charge on any atom is 0.0726 e. The molecule has 1 heteroatoms. The van der Waals surface area contributed by atoms with Crippen LogP contribution in [0.3, 0.4) is 0 Å². The minimum absolute atomic E-state index is 0.196. The second kappa shape index (κ2) is 11.8. The fourth-order valence-electron chi connectivity index (χ4n) is 11.0. The fourth-order valence-corrected chi connectivity index (χ4v) is 11.0. The molecule has 268 valence electrons. The van der Waals surface area contributed by atoms with Gasteiger partial charge in [0.05, 0.1) is 22.5 Å². The number of fused-ring (bicyclic) bond motifs is 15. The summed E-state index contributed by atoms with van der Waals surface area (Å²) in [6.07, 6.45) is 0. The molecule has 0 atom stereocenters. The smallest absolute Gasteiger partial charge is 0.0726 e. The molecule has 1 nitrogen and oxygen atoms in total. The molecule has 0 aromatic heterocycles. The summed E-state index contributed by atoms with van der Waals surface area (Å²) in [5.74, 6) is 0. The van der Waals surface area contributed by atoms with Crippen molar-refractivity contribution in [3.63, 3.8) is 0 Å². The lowest BCUT2D eigenvalue weighted by molar-refractivity contribution is 0.666. The van der Waals surface area contributed by atoms with E-state index in [0.29, 0.717) is 0 Å². The first-order valence-electron chi connectivity index (χ1n) is 20.1. The Balaban J connectivity index is 1.25. The molecule has 9 aromatic rings. The topological polar surface area (TPSA) is 3.24 Å². The number of benzene rings is 9. The van der Waals surface area contributed by atoms with Gasteiger partial charge in [0.1, 0.15) is 0 Å². The van der Waals surface area contributed by atoms with Gasteiger partial charge >= 0.3 is 0 Å². The molecule has 0 fully saturated rings. The summed E-state index contributed by atoms with van der Waals surface area (Å²) < 4.78 is 0. The minimum Gasteiger partial charge on any atom is -0.309 e. The van der Waals surface area contributed by atoms with Gasteiger partial charge in [-0.25, -0.2) is 0 Å². The van der Waals surface area contributed by atoms with E-state index in [4.69, 9.17) is 0 Å². The predicted octanol–water partition coefficient (Wildman–Crippen LogP) is 14.6. The molecule has 1 spiro atoms. The summed E-state index contributed by atoms with van der Waals surface area (Å²) in [6.45, 7) is 4.82. The van der Waals surface area contributed by atoms with Gasteiger partial charge in [-0.2, -0.15) is 0 Å². The minimum atomic E-state index is -0.445. The Morgan fingerprint density at radius 3 is 1.54 bits per heavy atom. The van der Waals surface area contributed by atoms with Gasteiger partial charge < -0.3 is 4.90 Å². The quantitative estimate of drug-likeness (QED) is 0.175. The first-order valence-corrected chi connectivity index (χ1v) is 20.1. The van der Waals surface area contributed by atoms with Crippen molar-refractivity contribution < 1.29 is 0 Å². The standard InChI is InChI=1S/C56H39N/c1-55(2)44-28-13-10-26-42(44)53-51(35-37-21-6-7-23-39(37)54(53)55)57(49-33-17-12-22-38(49)36-19-4-3-5-20-36)50-34-18-32-48-52(50)43-27-11-16-31-47(43)56(48)45-29-14-8-24-40(45)41-25-9-15-30-46(41)56/h3-35H,1-2H3. The first-order chi connectivity index (χ1) is 28.1. The molecular weight excluding hydrogens is 687 g/mol. The van der Waals surface area contributed by atoms with Crippen molar-refractivity contribution in [3.05, 3.63) is 234 Å². The van der Waals surface area contributed by atoms with Gasteiger partial charge in [-0.1, -0.05) is 196 Å². The fraction of sp³-hybridized carbons (Fsp3) is 0.0714. The summed E-state index contributed by atoms with van der Waals surface area (Å²) in [4.78, 5) is 2.62. The van der Waals surface area contributed by atoms with E-state index < -0.39 is 5.41 Å². The molecule has 0 radical (unpaired) electrons. The molecule has 0 bridgehead atoms. The summed E-state index contributed by atoms with van der Waals surface area (Å²) in [5.41, 5.74) is 21.3. The van der Waals surface area contributed by atoms with Crippen LogP contribution in [0.25, 0.3) is 55.3 Å². The molecule has 57 heavy (non-hydrogen) atoms. The SMILES string of the molecule is CC1(C)c2ccccc2-c2c(N(c3ccccc3-c3ccccc3)c3cccc4c3-c3ccccc3C43c4ccccc4-c4ccccc43)cc3ccccc3c21. The average molecular weight is 726 g/mol. The van der Waals surface area contributed by atoms with Gasteiger partial charge in [0, 0.05) is 22.1 Å². The van der Waals surface area contributed by atoms with Crippen LogP contribution in [-0.4, -0.2) is 0 Å². The van der Waals surface area contributed by atoms with Crippen molar-refractivity contribution in [2.75, 3.05) is 4.90 Å². The molecule has 3 aliphatic rings. The number of nitrogens with zero attached hydrogens (tertiary/aromatic N) is 1. The van der Waals surface area contributed by atoms with Crippen molar-refractivity contribution in [2.24, 2.45) is 0 Å². The van der Waals surface area contributed by atoms with Crippen molar-refractivity contribution in [1.29, 1.82) is 0 Å². The lowest BCUT2D eigenvalue weighted by Crippen LogP contribution is -2.26. The Kier molecular flexibility index (Phi) is 6.67. The number of rotatable bonds is 4. The molecule has 12 rings (SSSR count). The van der Waals surface area contributed by atoms with Gasteiger partial charge in [0.15, 0.2) is 0 Å². The highest BCUT2D eigenvalue weighted by atomic mass is 15.2. The number of hydrogen-bond donors (Lipinski definition) is 0. The van der Waals surface area contributed by atoms with Gasteiger partial charge in [-0.3, -0.25) is 0 Å². The maximum absolute atomic E-state index is 2.62. The third kappa shape index (κ3) is 4.18. The highest BCUT2D eigenvalue weighted by Gasteiger charge is 2.52. The number of hydrogen-bond acceptors (Lipinski definition) is 1. The lowest BCUT2D eigenvalue weighted by atomic mass is 9.70. The van der Waals surface area contributed by atoms with Crippen molar-refractivity contribution in [3.8, 4) is 44.5 Å². The summed E-state index contributed by atoms with van der Waals surface area (Å²) in [5, 5.41) is 2.56.